The minimum atomic E-state index is -0.439. The van der Waals surface area contributed by atoms with Gasteiger partial charge in [0.1, 0.15) is 0 Å². The van der Waals surface area contributed by atoms with E-state index in [-0.39, 0.29) is 5.75 Å². The highest BCUT2D eigenvalue weighted by atomic mass is 19.1. The third-order valence-corrected chi connectivity index (χ3v) is 3.82. The largest absolute Gasteiger partial charge is 0.494 e. The van der Waals surface area contributed by atoms with E-state index in [0.29, 0.717) is 30.3 Å². The van der Waals surface area contributed by atoms with Crippen LogP contribution in [0.15, 0.2) is 42.9 Å². The number of methoxy groups -OCH3 is 1. The summed E-state index contributed by atoms with van der Waals surface area (Å²) < 4.78 is 20.7. The molecule has 0 fully saturated rings. The molecule has 130 valence electrons. The first-order valence-electron chi connectivity index (χ1n) is 7.97. The molecule has 8 heteroatoms. The quantitative estimate of drug-likeness (QED) is 0.657. The Kier molecular flexibility index (Phi) is 5.17. The average Bonchev–Trinajstić information content (AvgIpc) is 3.16. The molecular weight excluding hydrogens is 323 g/mol. The van der Waals surface area contributed by atoms with Gasteiger partial charge in [-0.1, -0.05) is 0 Å². The van der Waals surface area contributed by atoms with Crippen molar-refractivity contribution in [3.05, 3.63) is 48.7 Å². The summed E-state index contributed by atoms with van der Waals surface area (Å²) in [5.74, 6) is 0.259. The fourth-order valence-corrected chi connectivity index (χ4v) is 2.45. The lowest BCUT2D eigenvalue weighted by Gasteiger charge is -2.20. The molecule has 1 aromatic carbocycles. The van der Waals surface area contributed by atoms with Crippen LogP contribution in [0.3, 0.4) is 0 Å². The standard InChI is InChI=1S/C17H19FN6O/c1-3-23(9-10-24-8-4-7-20-24)17-21-15(12-19-22-17)13-5-6-16(25-2)14(18)11-13/h4-8,11-12H,3,9-10H2,1-2H3. The van der Waals surface area contributed by atoms with Gasteiger partial charge in [0.15, 0.2) is 11.6 Å². The van der Waals surface area contributed by atoms with Crippen molar-refractivity contribution in [3.63, 3.8) is 0 Å². The average molecular weight is 342 g/mol. The molecule has 0 N–H and O–H groups in total. The molecule has 2 heterocycles. The zero-order valence-corrected chi connectivity index (χ0v) is 14.1. The van der Waals surface area contributed by atoms with Crippen LogP contribution < -0.4 is 9.64 Å². The van der Waals surface area contributed by atoms with Crippen molar-refractivity contribution in [2.75, 3.05) is 25.1 Å². The Hall–Kier alpha value is -3.03. The predicted molar refractivity (Wildman–Crippen MR) is 91.9 cm³/mol. The van der Waals surface area contributed by atoms with E-state index in [0.717, 1.165) is 6.54 Å². The first kappa shape index (κ1) is 16.8. The van der Waals surface area contributed by atoms with E-state index in [2.05, 4.69) is 20.3 Å². The number of ether oxygens (including phenoxy) is 1. The number of benzene rings is 1. The normalized spacial score (nSPS) is 10.7. The van der Waals surface area contributed by atoms with Gasteiger partial charge in [-0.3, -0.25) is 4.68 Å². The Morgan fingerprint density at radius 3 is 2.88 bits per heavy atom. The van der Waals surface area contributed by atoms with Gasteiger partial charge in [-0.15, -0.1) is 5.10 Å². The zero-order valence-electron chi connectivity index (χ0n) is 14.1. The van der Waals surface area contributed by atoms with Gasteiger partial charge in [-0.25, -0.2) is 9.37 Å². The third kappa shape index (κ3) is 3.90. The number of hydrogen-bond donors (Lipinski definition) is 0. The van der Waals surface area contributed by atoms with Gasteiger partial charge in [0.25, 0.3) is 0 Å². The summed E-state index contributed by atoms with van der Waals surface area (Å²) >= 11 is 0. The molecule has 7 nitrogen and oxygen atoms in total. The van der Waals surface area contributed by atoms with Crippen LogP contribution in [-0.2, 0) is 6.54 Å². The number of hydrogen-bond acceptors (Lipinski definition) is 6. The SMILES string of the molecule is CCN(CCn1cccn1)c1nncc(-c2ccc(OC)c(F)c2)n1. The van der Waals surface area contributed by atoms with E-state index in [1.165, 1.54) is 19.4 Å². The molecule has 0 spiro atoms. The van der Waals surface area contributed by atoms with Crippen LogP contribution in [0.25, 0.3) is 11.3 Å². The van der Waals surface area contributed by atoms with Crippen molar-refractivity contribution >= 4 is 5.95 Å². The van der Waals surface area contributed by atoms with Crippen molar-refractivity contribution in [1.82, 2.24) is 25.0 Å². The summed E-state index contributed by atoms with van der Waals surface area (Å²) in [4.78, 5) is 6.52. The van der Waals surface area contributed by atoms with E-state index in [9.17, 15) is 4.39 Å². The van der Waals surface area contributed by atoms with Gasteiger partial charge in [-0.05, 0) is 31.2 Å². The Morgan fingerprint density at radius 1 is 1.32 bits per heavy atom. The molecule has 3 aromatic rings. The molecule has 0 unspecified atom stereocenters. The maximum Gasteiger partial charge on any atom is 0.245 e. The van der Waals surface area contributed by atoms with E-state index in [1.54, 1.807) is 18.3 Å². The topological polar surface area (TPSA) is 69.0 Å². The summed E-state index contributed by atoms with van der Waals surface area (Å²) in [6.45, 7) is 4.15. The molecule has 0 aliphatic carbocycles. The lowest BCUT2D eigenvalue weighted by atomic mass is 10.1. The van der Waals surface area contributed by atoms with Crippen LogP contribution in [0.5, 0.6) is 5.75 Å². The first-order valence-corrected chi connectivity index (χ1v) is 7.97. The molecule has 0 saturated carbocycles. The second kappa shape index (κ2) is 7.69. The predicted octanol–water partition coefficient (Wildman–Crippen LogP) is 2.41. The minimum Gasteiger partial charge on any atom is -0.494 e. The molecule has 0 radical (unpaired) electrons. The number of halogens is 1. The van der Waals surface area contributed by atoms with Crippen LogP contribution in [0.1, 0.15) is 6.92 Å². The van der Waals surface area contributed by atoms with Gasteiger partial charge < -0.3 is 9.64 Å². The van der Waals surface area contributed by atoms with Gasteiger partial charge in [-0.2, -0.15) is 10.2 Å². The summed E-state index contributed by atoms with van der Waals surface area (Å²) in [7, 11) is 1.43. The molecule has 0 saturated heterocycles. The molecule has 0 aliphatic rings. The Morgan fingerprint density at radius 2 is 2.20 bits per heavy atom. The molecule has 0 bridgehead atoms. The fourth-order valence-electron chi connectivity index (χ4n) is 2.45. The highest BCUT2D eigenvalue weighted by Gasteiger charge is 2.12. The number of anilines is 1. The van der Waals surface area contributed by atoms with Crippen LogP contribution in [-0.4, -0.2) is 45.2 Å². The van der Waals surface area contributed by atoms with E-state index in [1.807, 2.05) is 28.8 Å². The van der Waals surface area contributed by atoms with Gasteiger partial charge >= 0.3 is 0 Å². The third-order valence-electron chi connectivity index (χ3n) is 3.82. The van der Waals surface area contributed by atoms with Gasteiger partial charge in [0.2, 0.25) is 5.95 Å². The van der Waals surface area contributed by atoms with Crippen LogP contribution in [0, 0.1) is 5.82 Å². The number of rotatable bonds is 7. The summed E-state index contributed by atoms with van der Waals surface area (Å²) in [6.07, 6.45) is 5.17. The lowest BCUT2D eigenvalue weighted by Crippen LogP contribution is -2.29. The van der Waals surface area contributed by atoms with Gasteiger partial charge in [0, 0.05) is 31.0 Å². The Bertz CT molecular complexity index is 824. The summed E-state index contributed by atoms with van der Waals surface area (Å²) in [5.41, 5.74) is 1.18. The molecular formula is C17H19FN6O. The van der Waals surface area contributed by atoms with Crippen molar-refractivity contribution in [3.8, 4) is 17.0 Å². The number of aromatic nitrogens is 5. The summed E-state index contributed by atoms with van der Waals surface area (Å²) in [5, 5.41) is 12.3. The maximum absolute atomic E-state index is 13.9. The second-order valence-electron chi connectivity index (χ2n) is 5.34. The molecule has 25 heavy (non-hydrogen) atoms. The Balaban J connectivity index is 1.80. The molecule has 0 atom stereocenters. The zero-order chi connectivity index (χ0) is 17.6. The number of likely N-dealkylation sites (N-methyl/N-ethyl adjacent to an activating group) is 1. The van der Waals surface area contributed by atoms with Crippen LogP contribution >= 0.6 is 0 Å². The smallest absolute Gasteiger partial charge is 0.245 e. The van der Waals surface area contributed by atoms with Crippen LogP contribution in [0.2, 0.25) is 0 Å². The molecule has 3 rings (SSSR count). The minimum absolute atomic E-state index is 0.195. The first-order chi connectivity index (χ1) is 12.2. The maximum atomic E-state index is 13.9. The van der Waals surface area contributed by atoms with Crippen LogP contribution in [0.4, 0.5) is 10.3 Å². The van der Waals surface area contributed by atoms with Crippen molar-refractivity contribution in [1.29, 1.82) is 0 Å². The Labute approximate surface area is 145 Å². The van der Waals surface area contributed by atoms with Gasteiger partial charge in [0.05, 0.1) is 25.5 Å². The van der Waals surface area contributed by atoms with E-state index in [4.69, 9.17) is 4.74 Å². The summed E-state index contributed by atoms with van der Waals surface area (Å²) in [6, 6.07) is 6.58. The number of nitrogens with zero attached hydrogens (tertiary/aromatic N) is 6. The van der Waals surface area contributed by atoms with E-state index < -0.39 is 5.82 Å². The lowest BCUT2D eigenvalue weighted by molar-refractivity contribution is 0.386. The van der Waals surface area contributed by atoms with Crippen molar-refractivity contribution in [2.24, 2.45) is 0 Å². The highest BCUT2D eigenvalue weighted by molar-refractivity contribution is 5.60. The van der Waals surface area contributed by atoms with E-state index >= 15 is 0 Å². The van der Waals surface area contributed by atoms with Crippen molar-refractivity contribution in [2.45, 2.75) is 13.5 Å². The second-order valence-corrected chi connectivity index (χ2v) is 5.34. The molecule has 2 aromatic heterocycles. The molecule has 0 amide bonds. The molecule has 0 aliphatic heterocycles. The monoisotopic (exact) mass is 342 g/mol. The van der Waals surface area contributed by atoms with Crippen molar-refractivity contribution < 1.29 is 9.13 Å². The highest BCUT2D eigenvalue weighted by Crippen LogP contribution is 2.24. The fraction of sp³-hybridized carbons (Fsp3) is 0.294.